The molecule has 0 unspecified atom stereocenters. The second kappa shape index (κ2) is 11.9. The van der Waals surface area contributed by atoms with Crippen molar-refractivity contribution in [1.29, 1.82) is 0 Å². The monoisotopic (exact) mass is 542 g/mol. The summed E-state index contributed by atoms with van der Waals surface area (Å²) in [4.78, 5) is 35.8. The lowest BCUT2D eigenvalue weighted by molar-refractivity contribution is -0.124. The van der Waals surface area contributed by atoms with E-state index in [0.29, 0.717) is 12.1 Å². The maximum Gasteiger partial charge on any atom is 0.254 e. The van der Waals surface area contributed by atoms with E-state index in [1.54, 1.807) is 11.3 Å². The van der Waals surface area contributed by atoms with Gasteiger partial charge in [-0.25, -0.2) is 0 Å². The Morgan fingerprint density at radius 2 is 1.64 bits per heavy atom. The van der Waals surface area contributed by atoms with Gasteiger partial charge in [0.2, 0.25) is 5.91 Å². The van der Waals surface area contributed by atoms with Gasteiger partial charge >= 0.3 is 0 Å². The molecule has 0 spiro atoms. The molecular formula is C32H38N4O2S. The second-order valence-electron chi connectivity index (χ2n) is 11.0. The van der Waals surface area contributed by atoms with E-state index in [1.165, 1.54) is 5.69 Å². The highest BCUT2D eigenvalue weighted by Gasteiger charge is 2.47. The molecule has 2 aromatic carbocycles. The van der Waals surface area contributed by atoms with Crippen LogP contribution in [0.3, 0.4) is 0 Å². The lowest BCUT2D eigenvalue weighted by Gasteiger charge is -2.44. The molecule has 1 N–H and O–H groups in total. The Hall–Kier alpha value is -3.16. The molecule has 0 radical (unpaired) electrons. The number of amides is 2. The van der Waals surface area contributed by atoms with Crippen molar-refractivity contribution in [3.05, 3.63) is 88.1 Å². The molecule has 1 saturated heterocycles. The van der Waals surface area contributed by atoms with Crippen LogP contribution in [0, 0.1) is 0 Å². The Morgan fingerprint density at radius 3 is 2.38 bits per heavy atom. The SMILES string of the molecule is O=C(NCCCN1CCN(c2ccccc2)CC1)[C@H]1c2ccccc2C(=O)N(C2CCCC2)[C@@H]1c1cccs1. The molecule has 39 heavy (non-hydrogen) atoms. The summed E-state index contributed by atoms with van der Waals surface area (Å²) < 4.78 is 0. The van der Waals surface area contributed by atoms with Crippen molar-refractivity contribution in [2.45, 2.75) is 50.1 Å². The minimum Gasteiger partial charge on any atom is -0.369 e. The highest BCUT2D eigenvalue weighted by atomic mass is 32.1. The van der Waals surface area contributed by atoms with Gasteiger partial charge in [0.25, 0.3) is 5.91 Å². The minimum absolute atomic E-state index is 0.0326. The van der Waals surface area contributed by atoms with E-state index < -0.39 is 5.92 Å². The van der Waals surface area contributed by atoms with Crippen LogP contribution in [-0.4, -0.2) is 66.9 Å². The van der Waals surface area contributed by atoms with Gasteiger partial charge in [0.05, 0.1) is 12.0 Å². The number of hydrogen-bond donors (Lipinski definition) is 1. The van der Waals surface area contributed by atoms with Gasteiger partial charge < -0.3 is 15.1 Å². The maximum atomic E-state index is 13.9. The number of carbonyl (C=O) groups excluding carboxylic acids is 2. The number of benzene rings is 2. The number of anilines is 1. The van der Waals surface area contributed by atoms with E-state index in [2.05, 4.69) is 61.8 Å². The molecule has 1 aromatic heterocycles. The third kappa shape index (κ3) is 5.48. The third-order valence-electron chi connectivity index (χ3n) is 8.66. The standard InChI is InChI=1S/C32H38N4O2S/c37-31(33-17-9-18-34-19-21-35(22-20-34)24-10-2-1-3-11-24)29-26-14-6-7-15-27(26)32(38)36(25-12-4-5-13-25)30(29)28-16-8-23-39-28/h1-3,6-8,10-11,14-16,23,25,29-30H,4-5,9,12-13,17-22H2,(H,33,37)/t29-,30+/m0/s1. The number of nitrogens with zero attached hydrogens (tertiary/aromatic N) is 3. The summed E-state index contributed by atoms with van der Waals surface area (Å²) in [5.74, 6) is -0.285. The number of thiophene rings is 1. The van der Waals surface area contributed by atoms with Gasteiger partial charge in [-0.2, -0.15) is 0 Å². The first-order valence-electron chi connectivity index (χ1n) is 14.5. The van der Waals surface area contributed by atoms with Crippen molar-refractivity contribution in [2.75, 3.05) is 44.2 Å². The van der Waals surface area contributed by atoms with E-state index in [0.717, 1.165) is 75.3 Å². The van der Waals surface area contributed by atoms with Crippen molar-refractivity contribution in [1.82, 2.24) is 15.1 Å². The molecule has 0 bridgehead atoms. The van der Waals surface area contributed by atoms with Crippen LogP contribution in [0.25, 0.3) is 0 Å². The summed E-state index contributed by atoms with van der Waals surface area (Å²) >= 11 is 1.65. The fourth-order valence-electron chi connectivity index (χ4n) is 6.67. The average Bonchev–Trinajstić information content (AvgIpc) is 3.71. The number of carbonyl (C=O) groups is 2. The summed E-state index contributed by atoms with van der Waals surface area (Å²) in [6.07, 6.45) is 5.23. The molecular weight excluding hydrogens is 504 g/mol. The van der Waals surface area contributed by atoms with Gasteiger partial charge in [-0.15, -0.1) is 11.3 Å². The van der Waals surface area contributed by atoms with Crippen LogP contribution >= 0.6 is 11.3 Å². The van der Waals surface area contributed by atoms with Crippen LogP contribution < -0.4 is 10.2 Å². The third-order valence-corrected chi connectivity index (χ3v) is 9.60. The average molecular weight is 543 g/mol. The number of para-hydroxylation sites is 1. The highest BCUT2D eigenvalue weighted by molar-refractivity contribution is 7.10. The Morgan fingerprint density at radius 1 is 0.897 bits per heavy atom. The molecule has 2 atom stereocenters. The predicted octanol–water partition coefficient (Wildman–Crippen LogP) is 5.30. The topological polar surface area (TPSA) is 55.9 Å². The van der Waals surface area contributed by atoms with Crippen LogP contribution in [0.15, 0.2) is 72.1 Å². The molecule has 3 aliphatic rings. The first-order chi connectivity index (χ1) is 19.2. The summed E-state index contributed by atoms with van der Waals surface area (Å²) in [6.45, 7) is 5.76. The lowest BCUT2D eigenvalue weighted by Crippen LogP contribution is -2.51. The number of piperazine rings is 1. The van der Waals surface area contributed by atoms with Crippen LogP contribution in [-0.2, 0) is 4.79 Å². The minimum atomic E-state index is -0.396. The maximum absolute atomic E-state index is 13.9. The molecule has 204 valence electrons. The molecule has 1 aliphatic carbocycles. The predicted molar refractivity (Wildman–Crippen MR) is 157 cm³/mol. The highest BCUT2D eigenvalue weighted by Crippen LogP contribution is 2.47. The summed E-state index contributed by atoms with van der Waals surface area (Å²) in [6, 6.07) is 22.4. The van der Waals surface area contributed by atoms with Crippen molar-refractivity contribution < 1.29 is 9.59 Å². The first kappa shape index (κ1) is 26.1. The summed E-state index contributed by atoms with van der Waals surface area (Å²) in [7, 11) is 0. The van der Waals surface area contributed by atoms with Crippen LogP contribution in [0.4, 0.5) is 5.69 Å². The van der Waals surface area contributed by atoms with E-state index in [4.69, 9.17) is 0 Å². The van der Waals surface area contributed by atoms with Gasteiger partial charge in [0, 0.05) is 54.9 Å². The van der Waals surface area contributed by atoms with Crippen LogP contribution in [0.1, 0.15) is 64.9 Å². The molecule has 3 aromatic rings. The van der Waals surface area contributed by atoms with Crippen molar-refractivity contribution in [3.8, 4) is 0 Å². The molecule has 1 saturated carbocycles. The number of hydrogen-bond acceptors (Lipinski definition) is 5. The quantitative estimate of drug-likeness (QED) is 0.393. The van der Waals surface area contributed by atoms with Gasteiger partial charge in [-0.3, -0.25) is 14.5 Å². The fourth-order valence-corrected chi connectivity index (χ4v) is 7.53. The largest absolute Gasteiger partial charge is 0.369 e. The van der Waals surface area contributed by atoms with E-state index in [9.17, 15) is 9.59 Å². The van der Waals surface area contributed by atoms with Crippen LogP contribution in [0.2, 0.25) is 0 Å². The molecule has 6 rings (SSSR count). The van der Waals surface area contributed by atoms with Gasteiger partial charge in [0.1, 0.15) is 0 Å². The Balaban J connectivity index is 1.12. The van der Waals surface area contributed by atoms with Crippen molar-refractivity contribution in [2.24, 2.45) is 0 Å². The van der Waals surface area contributed by atoms with Gasteiger partial charge in [0.15, 0.2) is 0 Å². The Labute approximate surface area is 235 Å². The lowest BCUT2D eigenvalue weighted by atomic mass is 9.80. The normalized spacial score (nSPS) is 22.2. The number of rotatable bonds is 8. The van der Waals surface area contributed by atoms with Crippen molar-refractivity contribution >= 4 is 28.8 Å². The molecule has 6 nitrogen and oxygen atoms in total. The smallest absolute Gasteiger partial charge is 0.254 e. The molecule has 3 heterocycles. The fraction of sp³-hybridized carbons (Fsp3) is 0.438. The Bertz CT molecular complexity index is 1250. The zero-order valence-corrected chi connectivity index (χ0v) is 23.3. The summed E-state index contributed by atoms with van der Waals surface area (Å²) in [5, 5.41) is 5.33. The first-order valence-corrected chi connectivity index (χ1v) is 15.3. The second-order valence-corrected chi connectivity index (χ2v) is 12.0. The zero-order chi connectivity index (χ0) is 26.6. The molecule has 7 heteroatoms. The molecule has 2 amide bonds. The van der Waals surface area contributed by atoms with E-state index in [1.807, 2.05) is 30.3 Å². The van der Waals surface area contributed by atoms with Crippen LogP contribution in [0.5, 0.6) is 0 Å². The van der Waals surface area contributed by atoms with Gasteiger partial charge in [-0.05, 0) is 61.0 Å². The van der Waals surface area contributed by atoms with E-state index >= 15 is 0 Å². The molecule has 2 aliphatic heterocycles. The Kier molecular flexibility index (Phi) is 7.98. The van der Waals surface area contributed by atoms with Gasteiger partial charge in [-0.1, -0.05) is 55.3 Å². The zero-order valence-electron chi connectivity index (χ0n) is 22.5. The van der Waals surface area contributed by atoms with E-state index in [-0.39, 0.29) is 23.9 Å². The number of nitrogens with one attached hydrogen (secondary N) is 1. The van der Waals surface area contributed by atoms with Crippen molar-refractivity contribution in [3.63, 3.8) is 0 Å². The molecule has 2 fully saturated rings. The number of fused-ring (bicyclic) bond motifs is 1. The summed E-state index contributed by atoms with van der Waals surface area (Å²) in [5.41, 5.74) is 2.85.